The predicted octanol–water partition coefficient (Wildman–Crippen LogP) is 1.05. The average molecular weight is 418 g/mol. The molecule has 10 nitrogen and oxygen atoms in total. The van der Waals surface area contributed by atoms with Crippen LogP contribution in [-0.2, 0) is 28.2 Å². The van der Waals surface area contributed by atoms with Gasteiger partial charge in [0.2, 0.25) is 5.91 Å². The van der Waals surface area contributed by atoms with Gasteiger partial charge in [0, 0.05) is 6.54 Å². The van der Waals surface area contributed by atoms with Gasteiger partial charge < -0.3 is 19.9 Å². The van der Waals surface area contributed by atoms with E-state index in [0.717, 1.165) is 4.90 Å². The Balaban J connectivity index is 1.67. The number of carbonyl (C=O) groups excluding carboxylic acids is 3. The minimum Gasteiger partial charge on any atom is -0.497 e. The number of H-pyrrole nitrogens is 1. The molecule has 1 aliphatic heterocycles. The molecule has 1 aliphatic rings. The van der Waals surface area contributed by atoms with Crippen molar-refractivity contribution in [1.29, 1.82) is 0 Å². The molecule has 0 saturated carbocycles. The van der Waals surface area contributed by atoms with E-state index in [-0.39, 0.29) is 6.54 Å². The molecular formula is C18H22N6O4S. The standard InChI is InChI=1S/C18H22N6O4S/c1-4-23-13(21-22-17(23)29)9-19-14(25)10-24-15(26)18(2,20-16(24)27)11-5-7-12(28-3)8-6-11/h5-8H,4,9-10H2,1-3H3,(H,19,25)(H,20,27)(H,22,29). The van der Waals surface area contributed by atoms with Crippen molar-refractivity contribution in [3.63, 3.8) is 0 Å². The zero-order valence-corrected chi connectivity index (χ0v) is 17.1. The third-order valence-corrected chi connectivity index (χ3v) is 5.15. The largest absolute Gasteiger partial charge is 0.497 e. The van der Waals surface area contributed by atoms with Crippen LogP contribution in [0, 0.1) is 4.77 Å². The molecule has 0 aliphatic carbocycles. The lowest BCUT2D eigenvalue weighted by Crippen LogP contribution is -2.43. The summed E-state index contributed by atoms with van der Waals surface area (Å²) in [4.78, 5) is 38.5. The van der Waals surface area contributed by atoms with E-state index in [1.54, 1.807) is 42.9 Å². The fourth-order valence-corrected chi connectivity index (χ4v) is 3.43. The number of aromatic nitrogens is 3. The maximum absolute atomic E-state index is 12.9. The van der Waals surface area contributed by atoms with Crippen LogP contribution in [0.1, 0.15) is 25.2 Å². The molecule has 11 heteroatoms. The van der Waals surface area contributed by atoms with E-state index in [4.69, 9.17) is 17.0 Å². The average Bonchev–Trinajstić information content (AvgIpc) is 3.18. The summed E-state index contributed by atoms with van der Waals surface area (Å²) < 4.78 is 7.32. The molecule has 1 fully saturated rings. The highest BCUT2D eigenvalue weighted by Crippen LogP contribution is 2.29. The number of carbonyl (C=O) groups is 3. The van der Waals surface area contributed by atoms with Crippen LogP contribution in [0.25, 0.3) is 0 Å². The van der Waals surface area contributed by atoms with E-state index in [2.05, 4.69) is 20.8 Å². The van der Waals surface area contributed by atoms with E-state index in [1.165, 1.54) is 0 Å². The van der Waals surface area contributed by atoms with Gasteiger partial charge in [0.15, 0.2) is 10.6 Å². The second-order valence-corrected chi connectivity index (χ2v) is 7.03. The zero-order chi connectivity index (χ0) is 21.2. The number of hydrogen-bond donors (Lipinski definition) is 3. The predicted molar refractivity (Wildman–Crippen MR) is 106 cm³/mol. The lowest BCUT2D eigenvalue weighted by molar-refractivity contribution is -0.134. The van der Waals surface area contributed by atoms with E-state index >= 15 is 0 Å². The highest BCUT2D eigenvalue weighted by atomic mass is 32.1. The molecule has 2 aromatic rings. The van der Waals surface area contributed by atoms with E-state index in [1.807, 2.05) is 6.92 Å². The van der Waals surface area contributed by atoms with Crippen LogP contribution in [0.5, 0.6) is 5.75 Å². The van der Waals surface area contributed by atoms with Crippen molar-refractivity contribution >= 4 is 30.1 Å². The first-order chi connectivity index (χ1) is 13.8. The highest BCUT2D eigenvalue weighted by molar-refractivity contribution is 7.71. The zero-order valence-electron chi connectivity index (χ0n) is 16.3. The van der Waals surface area contributed by atoms with Crippen LogP contribution in [0.2, 0.25) is 0 Å². The van der Waals surface area contributed by atoms with Crippen LogP contribution in [0.3, 0.4) is 0 Å². The van der Waals surface area contributed by atoms with Gasteiger partial charge in [0.1, 0.15) is 17.8 Å². The number of urea groups is 1. The van der Waals surface area contributed by atoms with Crippen molar-refractivity contribution in [2.75, 3.05) is 13.7 Å². The molecule has 1 aromatic heterocycles. The van der Waals surface area contributed by atoms with Crippen LogP contribution in [0.15, 0.2) is 24.3 Å². The van der Waals surface area contributed by atoms with Gasteiger partial charge in [-0.2, -0.15) is 5.10 Å². The molecule has 2 heterocycles. The van der Waals surface area contributed by atoms with Gasteiger partial charge in [-0.1, -0.05) is 12.1 Å². The molecule has 1 aromatic carbocycles. The summed E-state index contributed by atoms with van der Waals surface area (Å²) in [6, 6.07) is 6.19. The maximum atomic E-state index is 12.9. The third kappa shape index (κ3) is 3.86. The summed E-state index contributed by atoms with van der Waals surface area (Å²) in [6.45, 7) is 3.84. The van der Waals surface area contributed by atoms with Gasteiger partial charge >= 0.3 is 6.03 Å². The summed E-state index contributed by atoms with van der Waals surface area (Å²) in [6.07, 6.45) is 0. The normalized spacial score (nSPS) is 18.7. The molecule has 1 saturated heterocycles. The van der Waals surface area contributed by atoms with Gasteiger partial charge in [-0.3, -0.25) is 19.6 Å². The number of amides is 4. The highest BCUT2D eigenvalue weighted by Gasteiger charge is 2.49. The molecular weight excluding hydrogens is 396 g/mol. The molecule has 0 radical (unpaired) electrons. The SMILES string of the molecule is CCn1c(CNC(=O)CN2C(=O)NC(C)(c3ccc(OC)cc3)C2=O)n[nH]c1=S. The third-order valence-electron chi connectivity index (χ3n) is 4.84. The first kappa shape index (κ1) is 20.5. The molecule has 29 heavy (non-hydrogen) atoms. The second-order valence-electron chi connectivity index (χ2n) is 6.64. The number of methoxy groups -OCH3 is 1. The lowest BCUT2D eigenvalue weighted by Gasteiger charge is -2.22. The number of hydrogen-bond acceptors (Lipinski definition) is 6. The molecule has 3 N–H and O–H groups in total. The number of imide groups is 1. The fraction of sp³-hybridized carbons (Fsp3) is 0.389. The molecule has 154 valence electrons. The first-order valence-electron chi connectivity index (χ1n) is 8.99. The summed E-state index contributed by atoms with van der Waals surface area (Å²) in [7, 11) is 1.54. The maximum Gasteiger partial charge on any atom is 0.325 e. The van der Waals surface area contributed by atoms with Crippen LogP contribution < -0.4 is 15.4 Å². The van der Waals surface area contributed by atoms with Crippen LogP contribution >= 0.6 is 12.2 Å². The van der Waals surface area contributed by atoms with Gasteiger partial charge in [0.05, 0.1) is 13.7 Å². The minimum absolute atomic E-state index is 0.124. The Morgan fingerprint density at radius 2 is 2.00 bits per heavy atom. The summed E-state index contributed by atoms with van der Waals surface area (Å²) in [5.41, 5.74) is -0.660. The summed E-state index contributed by atoms with van der Waals surface area (Å²) in [5, 5.41) is 12.0. The smallest absolute Gasteiger partial charge is 0.325 e. The molecule has 3 rings (SSSR count). The fourth-order valence-electron chi connectivity index (χ4n) is 3.15. The van der Waals surface area contributed by atoms with E-state index in [9.17, 15) is 14.4 Å². The van der Waals surface area contributed by atoms with Crippen molar-refractivity contribution in [1.82, 2.24) is 30.3 Å². The molecule has 1 atom stereocenters. The number of nitrogens with zero attached hydrogens (tertiary/aromatic N) is 3. The molecule has 0 spiro atoms. The minimum atomic E-state index is -1.26. The topological polar surface area (TPSA) is 121 Å². The van der Waals surface area contributed by atoms with Crippen molar-refractivity contribution in [2.24, 2.45) is 0 Å². The Morgan fingerprint density at radius 3 is 2.62 bits per heavy atom. The Bertz CT molecular complexity index is 999. The Morgan fingerprint density at radius 1 is 1.31 bits per heavy atom. The van der Waals surface area contributed by atoms with Crippen LogP contribution in [-0.4, -0.2) is 51.2 Å². The van der Waals surface area contributed by atoms with Gasteiger partial charge in [0.25, 0.3) is 5.91 Å². The van der Waals surface area contributed by atoms with Crippen molar-refractivity contribution in [3.8, 4) is 5.75 Å². The van der Waals surface area contributed by atoms with Crippen molar-refractivity contribution < 1.29 is 19.1 Å². The number of aromatic amines is 1. The van der Waals surface area contributed by atoms with Gasteiger partial charge in [-0.25, -0.2) is 4.79 Å². The number of rotatable bonds is 7. The lowest BCUT2D eigenvalue weighted by atomic mass is 9.92. The van der Waals surface area contributed by atoms with Crippen molar-refractivity contribution in [2.45, 2.75) is 32.5 Å². The molecule has 0 bridgehead atoms. The number of nitrogens with one attached hydrogen (secondary N) is 3. The molecule has 4 amide bonds. The van der Waals surface area contributed by atoms with Crippen LogP contribution in [0.4, 0.5) is 4.79 Å². The van der Waals surface area contributed by atoms with E-state index < -0.39 is 29.9 Å². The summed E-state index contributed by atoms with van der Waals surface area (Å²) in [5.74, 6) is 0.213. The van der Waals surface area contributed by atoms with Crippen molar-refractivity contribution in [3.05, 3.63) is 40.4 Å². The van der Waals surface area contributed by atoms with E-state index in [0.29, 0.717) is 28.5 Å². The Hall–Kier alpha value is -3.21. The van der Waals surface area contributed by atoms with Gasteiger partial charge in [-0.05, 0) is 43.8 Å². The molecule has 1 unspecified atom stereocenters. The Kier molecular flexibility index (Phi) is 5.69. The summed E-state index contributed by atoms with van der Waals surface area (Å²) >= 11 is 5.10. The second kappa shape index (κ2) is 8.03. The quantitative estimate of drug-likeness (QED) is 0.457. The monoisotopic (exact) mass is 418 g/mol. The number of benzene rings is 1. The first-order valence-corrected chi connectivity index (χ1v) is 9.40. The van der Waals surface area contributed by atoms with Gasteiger partial charge in [-0.15, -0.1) is 0 Å². The Labute approximate surface area is 172 Å². The number of ether oxygens (including phenoxy) is 1.